The van der Waals surface area contributed by atoms with Gasteiger partial charge in [-0.1, -0.05) is 55.4 Å². The monoisotopic (exact) mass is 773 g/mol. The van der Waals surface area contributed by atoms with Gasteiger partial charge >= 0.3 is 0 Å². The molecule has 0 saturated heterocycles. The van der Waals surface area contributed by atoms with E-state index in [0.29, 0.717) is 5.56 Å². The van der Waals surface area contributed by atoms with Gasteiger partial charge in [0, 0.05) is 61.2 Å². The number of aromatic nitrogens is 2. The fraction of sp³-hybridized carbons (Fsp3) is 0.474. The van der Waals surface area contributed by atoms with Crippen molar-refractivity contribution in [1.82, 2.24) is 9.97 Å². The van der Waals surface area contributed by atoms with Gasteiger partial charge in [0.2, 0.25) is 0 Å². The van der Waals surface area contributed by atoms with E-state index < -0.39 is 0 Å². The Bertz CT molecular complexity index is 1490. The van der Waals surface area contributed by atoms with Crippen molar-refractivity contribution < 1.29 is 30.0 Å². The SMILES string of the molecule is CCC(CC)C(=O)/C=C(\O)C(CC)CC.Cc1[c-]c(-c2ncc(-c3cc(C)c(C#N)cc3C)nc2C)cc(C(C)(C)C)c1.[Ir]. The Morgan fingerprint density at radius 1 is 0.955 bits per heavy atom. The van der Waals surface area contributed by atoms with Crippen LogP contribution in [-0.2, 0) is 30.3 Å². The summed E-state index contributed by atoms with van der Waals surface area (Å²) < 4.78 is 0. The van der Waals surface area contributed by atoms with Crippen LogP contribution in [0.3, 0.4) is 0 Å². The number of nitriles is 1. The molecule has 44 heavy (non-hydrogen) atoms. The second-order valence-electron chi connectivity index (χ2n) is 12.5. The molecule has 3 rings (SSSR count). The molecule has 1 radical (unpaired) electrons. The molecule has 1 N–H and O–H groups in total. The Balaban J connectivity index is 0.000000519. The predicted octanol–water partition coefficient (Wildman–Crippen LogP) is 9.88. The molecule has 0 aliphatic carbocycles. The Morgan fingerprint density at radius 3 is 2.05 bits per heavy atom. The maximum Gasteiger partial charge on any atom is 0.162 e. The van der Waals surface area contributed by atoms with Gasteiger partial charge in [-0.05, 0) is 75.1 Å². The minimum absolute atomic E-state index is 0. The summed E-state index contributed by atoms with van der Waals surface area (Å²) in [5, 5.41) is 19.0. The average Bonchev–Trinajstić information content (AvgIpc) is 2.94. The van der Waals surface area contributed by atoms with Crippen molar-refractivity contribution in [3.8, 4) is 28.6 Å². The third kappa shape index (κ3) is 10.2. The van der Waals surface area contributed by atoms with Crippen LogP contribution in [0.1, 0.15) is 108 Å². The van der Waals surface area contributed by atoms with E-state index in [-0.39, 0.29) is 48.9 Å². The van der Waals surface area contributed by atoms with Crippen LogP contribution in [0.5, 0.6) is 0 Å². The van der Waals surface area contributed by atoms with Gasteiger partial charge in [0.25, 0.3) is 0 Å². The van der Waals surface area contributed by atoms with Crippen LogP contribution < -0.4 is 0 Å². The first kappa shape index (κ1) is 38.9. The molecule has 1 aromatic heterocycles. The van der Waals surface area contributed by atoms with Gasteiger partial charge in [-0.3, -0.25) is 9.78 Å². The third-order valence-electron chi connectivity index (χ3n) is 8.12. The van der Waals surface area contributed by atoms with E-state index in [0.717, 1.165) is 70.6 Å². The van der Waals surface area contributed by atoms with Gasteiger partial charge in [-0.15, -0.1) is 34.9 Å². The first-order valence-electron chi connectivity index (χ1n) is 15.5. The largest absolute Gasteiger partial charge is 0.512 e. The van der Waals surface area contributed by atoms with Crippen LogP contribution in [0.4, 0.5) is 0 Å². The van der Waals surface area contributed by atoms with E-state index >= 15 is 0 Å². The first-order chi connectivity index (χ1) is 20.2. The van der Waals surface area contributed by atoms with Crippen LogP contribution >= 0.6 is 0 Å². The van der Waals surface area contributed by atoms with Crippen LogP contribution in [0.25, 0.3) is 22.5 Å². The number of benzene rings is 2. The van der Waals surface area contributed by atoms with E-state index in [1.807, 2.05) is 66.8 Å². The zero-order valence-electron chi connectivity index (χ0n) is 28.5. The fourth-order valence-corrected chi connectivity index (χ4v) is 5.14. The number of hydrogen-bond acceptors (Lipinski definition) is 5. The minimum Gasteiger partial charge on any atom is -0.512 e. The molecule has 0 aliphatic rings. The van der Waals surface area contributed by atoms with Gasteiger partial charge in [-0.25, -0.2) is 0 Å². The Labute approximate surface area is 279 Å². The summed E-state index contributed by atoms with van der Waals surface area (Å²) in [4.78, 5) is 21.3. The number of hydrogen-bond donors (Lipinski definition) is 1. The van der Waals surface area contributed by atoms with Crippen LogP contribution in [0.2, 0.25) is 0 Å². The average molecular weight is 773 g/mol. The number of ketones is 1. The van der Waals surface area contributed by atoms with Gasteiger partial charge in [0.1, 0.15) is 0 Å². The van der Waals surface area contributed by atoms with Crippen molar-refractivity contribution in [2.75, 3.05) is 0 Å². The standard InChI is InChI=1S/C25H26N3.C13H24O2.Ir/c1-15-8-19(12-21(9-15)25(5,6)7)24-18(4)28-23(14-27-24)22-11-16(2)20(13-26)10-17(22)3;1-5-10(6-2)12(14)9-13(15)11(7-3)8-4;/h9-12,14H,1-7H3;9-11,14H,5-8H2,1-4H3;/q-1;;/b;12-9-;. The molecular weight excluding hydrogens is 723 g/mol. The summed E-state index contributed by atoms with van der Waals surface area (Å²) in [6.07, 6.45) is 6.73. The molecule has 0 bridgehead atoms. The zero-order valence-corrected chi connectivity index (χ0v) is 30.9. The van der Waals surface area contributed by atoms with Crippen molar-refractivity contribution in [3.05, 3.63) is 81.9 Å². The molecule has 6 heteroatoms. The number of aryl methyl sites for hydroxylation is 4. The summed E-state index contributed by atoms with van der Waals surface area (Å²) in [6, 6.07) is 14.0. The molecule has 5 nitrogen and oxygen atoms in total. The molecule has 0 spiro atoms. The van der Waals surface area contributed by atoms with Gasteiger partial charge < -0.3 is 10.1 Å². The van der Waals surface area contributed by atoms with Crippen molar-refractivity contribution in [3.63, 3.8) is 0 Å². The normalized spacial score (nSPS) is 11.5. The molecule has 239 valence electrons. The van der Waals surface area contributed by atoms with Crippen LogP contribution in [0, 0.1) is 56.9 Å². The molecular formula is C38H50IrN3O2-. The van der Waals surface area contributed by atoms with Crippen LogP contribution in [-0.4, -0.2) is 20.9 Å². The second-order valence-corrected chi connectivity index (χ2v) is 12.5. The van der Waals surface area contributed by atoms with Crippen molar-refractivity contribution in [2.45, 2.75) is 107 Å². The molecule has 3 aromatic rings. The molecule has 0 atom stereocenters. The third-order valence-corrected chi connectivity index (χ3v) is 8.12. The van der Waals surface area contributed by atoms with E-state index in [4.69, 9.17) is 9.97 Å². The Hall–Kier alpha value is -3.13. The van der Waals surface area contributed by atoms with Crippen LogP contribution in [0.15, 0.2) is 42.3 Å². The van der Waals surface area contributed by atoms with Gasteiger partial charge in [0.15, 0.2) is 5.78 Å². The summed E-state index contributed by atoms with van der Waals surface area (Å²) in [5.74, 6) is 0.547. The zero-order chi connectivity index (χ0) is 32.5. The topological polar surface area (TPSA) is 86.9 Å². The second kappa shape index (κ2) is 17.4. The minimum atomic E-state index is 0. The van der Waals surface area contributed by atoms with Gasteiger partial charge in [-0.2, -0.15) is 5.26 Å². The summed E-state index contributed by atoms with van der Waals surface area (Å²) in [5.41, 5.74) is 9.68. The van der Waals surface area contributed by atoms with Crippen molar-refractivity contribution in [2.24, 2.45) is 11.8 Å². The molecule has 1 heterocycles. The van der Waals surface area contributed by atoms with Crippen molar-refractivity contribution >= 4 is 5.78 Å². The number of aliphatic hydroxyl groups is 1. The quantitative estimate of drug-likeness (QED) is 0.133. The number of nitrogens with zero attached hydrogens (tertiary/aromatic N) is 3. The van der Waals surface area contributed by atoms with E-state index in [2.05, 4.69) is 52.0 Å². The molecule has 0 unspecified atom stereocenters. The maximum atomic E-state index is 11.7. The van der Waals surface area contributed by atoms with E-state index in [1.54, 1.807) is 0 Å². The predicted molar refractivity (Wildman–Crippen MR) is 178 cm³/mol. The molecule has 0 aliphatic heterocycles. The summed E-state index contributed by atoms with van der Waals surface area (Å²) in [6.45, 7) is 22.7. The molecule has 0 fully saturated rings. The van der Waals surface area contributed by atoms with Crippen molar-refractivity contribution in [1.29, 1.82) is 5.26 Å². The fourth-order valence-electron chi connectivity index (χ4n) is 5.14. The number of rotatable bonds is 9. The number of aliphatic hydroxyl groups excluding tert-OH is 1. The molecule has 0 amide bonds. The maximum absolute atomic E-state index is 11.7. The first-order valence-corrected chi connectivity index (χ1v) is 15.5. The number of carbonyl (C=O) groups is 1. The summed E-state index contributed by atoms with van der Waals surface area (Å²) in [7, 11) is 0. The number of carbonyl (C=O) groups excluding carboxylic acids is 1. The van der Waals surface area contributed by atoms with E-state index in [1.165, 1.54) is 11.6 Å². The Kier molecular flexibility index (Phi) is 15.4. The molecule has 2 aromatic carbocycles. The Morgan fingerprint density at radius 2 is 1.55 bits per heavy atom. The number of allylic oxidation sites excluding steroid dienone is 2. The van der Waals surface area contributed by atoms with Gasteiger partial charge in [0.05, 0.1) is 23.1 Å². The van der Waals surface area contributed by atoms with E-state index in [9.17, 15) is 15.2 Å². The summed E-state index contributed by atoms with van der Waals surface area (Å²) >= 11 is 0. The molecule has 0 saturated carbocycles. The smallest absolute Gasteiger partial charge is 0.162 e.